The molecule has 0 aliphatic rings. The minimum absolute atomic E-state index is 0.376. The zero-order valence-electron chi connectivity index (χ0n) is 7.34. The number of rotatable bonds is 6. The van der Waals surface area contributed by atoms with Gasteiger partial charge in [-0.25, -0.2) is 0 Å². The van der Waals surface area contributed by atoms with E-state index in [0.717, 1.165) is 24.8 Å². The Morgan fingerprint density at radius 1 is 1.64 bits per heavy atom. The Morgan fingerprint density at radius 3 is 2.73 bits per heavy atom. The third-order valence-corrected chi connectivity index (χ3v) is 1.71. The lowest BCUT2D eigenvalue weighted by molar-refractivity contribution is 0.210. The minimum atomic E-state index is -0.376. The maximum Gasteiger partial charge on any atom is 0.0781 e. The van der Waals surface area contributed by atoms with E-state index in [9.17, 15) is 5.11 Å². The molecular weight excluding hydrogens is 136 g/mol. The lowest BCUT2D eigenvalue weighted by atomic mass is 10.0. The summed E-state index contributed by atoms with van der Waals surface area (Å²) < 4.78 is 0. The fourth-order valence-electron chi connectivity index (χ4n) is 0.895. The van der Waals surface area contributed by atoms with Gasteiger partial charge < -0.3 is 5.11 Å². The highest BCUT2D eigenvalue weighted by Crippen LogP contribution is 2.12. The average molecular weight is 154 g/mol. The average Bonchev–Trinajstić information content (AvgIpc) is 2.00. The predicted molar refractivity (Wildman–Crippen MR) is 49.5 cm³/mol. The molecule has 0 spiro atoms. The highest BCUT2D eigenvalue weighted by atomic mass is 16.3. The summed E-state index contributed by atoms with van der Waals surface area (Å²) in [4.78, 5) is 0. The molecule has 0 bridgehead atoms. The fourth-order valence-corrected chi connectivity index (χ4v) is 0.895. The molecule has 0 saturated heterocycles. The van der Waals surface area contributed by atoms with Crippen LogP contribution < -0.4 is 0 Å². The van der Waals surface area contributed by atoms with Crippen molar-refractivity contribution in [1.29, 1.82) is 0 Å². The summed E-state index contributed by atoms with van der Waals surface area (Å²) >= 11 is 0. The van der Waals surface area contributed by atoms with Gasteiger partial charge in [-0.1, -0.05) is 26.0 Å². The van der Waals surface area contributed by atoms with Crippen LogP contribution in [0.4, 0.5) is 0 Å². The zero-order valence-corrected chi connectivity index (χ0v) is 7.34. The third kappa shape index (κ3) is 4.79. The molecule has 1 atom stereocenters. The fraction of sp³-hybridized carbons (Fsp3) is 0.600. The summed E-state index contributed by atoms with van der Waals surface area (Å²) in [6, 6.07) is 0. The van der Waals surface area contributed by atoms with Crippen LogP contribution in [-0.4, -0.2) is 11.2 Å². The van der Waals surface area contributed by atoms with E-state index in [1.165, 1.54) is 0 Å². The topological polar surface area (TPSA) is 20.2 Å². The molecule has 1 unspecified atom stereocenters. The molecule has 0 aliphatic heterocycles. The Morgan fingerprint density at radius 2 is 2.27 bits per heavy atom. The van der Waals surface area contributed by atoms with Crippen LogP contribution in [0.3, 0.4) is 0 Å². The van der Waals surface area contributed by atoms with E-state index in [0.29, 0.717) is 6.42 Å². The van der Waals surface area contributed by atoms with Crippen molar-refractivity contribution >= 4 is 0 Å². The largest absolute Gasteiger partial charge is 0.388 e. The molecule has 1 N–H and O–H groups in total. The molecule has 0 heterocycles. The molecule has 0 amide bonds. The van der Waals surface area contributed by atoms with Crippen LogP contribution in [0.25, 0.3) is 0 Å². The van der Waals surface area contributed by atoms with Gasteiger partial charge in [0.2, 0.25) is 0 Å². The van der Waals surface area contributed by atoms with E-state index < -0.39 is 0 Å². The van der Waals surface area contributed by atoms with Gasteiger partial charge in [-0.3, -0.25) is 0 Å². The van der Waals surface area contributed by atoms with Gasteiger partial charge >= 0.3 is 0 Å². The van der Waals surface area contributed by atoms with Gasteiger partial charge in [-0.15, -0.1) is 6.58 Å². The Kier molecular flexibility index (Phi) is 5.86. The number of aliphatic hydroxyl groups excluding tert-OH is 1. The van der Waals surface area contributed by atoms with Crippen molar-refractivity contribution < 1.29 is 5.11 Å². The molecule has 0 aromatic heterocycles. The van der Waals surface area contributed by atoms with Crippen LogP contribution in [0.1, 0.15) is 32.6 Å². The summed E-state index contributed by atoms with van der Waals surface area (Å²) in [6.07, 6.45) is 5.18. The second kappa shape index (κ2) is 6.17. The second-order valence-corrected chi connectivity index (χ2v) is 2.80. The Labute approximate surface area is 69.4 Å². The molecule has 0 aromatic carbocycles. The van der Waals surface area contributed by atoms with Crippen LogP contribution in [0.5, 0.6) is 0 Å². The van der Waals surface area contributed by atoms with Crippen LogP contribution in [0.15, 0.2) is 24.8 Å². The quantitative estimate of drug-likeness (QED) is 0.583. The molecule has 1 heteroatoms. The molecule has 64 valence electrons. The Hall–Kier alpha value is -0.560. The third-order valence-electron chi connectivity index (χ3n) is 1.71. The molecule has 0 fully saturated rings. The lowest BCUT2D eigenvalue weighted by Crippen LogP contribution is -2.07. The highest BCUT2D eigenvalue weighted by Gasteiger charge is 2.04. The lowest BCUT2D eigenvalue weighted by Gasteiger charge is -2.10. The molecule has 11 heavy (non-hydrogen) atoms. The summed E-state index contributed by atoms with van der Waals surface area (Å²) in [5.74, 6) is 0. The summed E-state index contributed by atoms with van der Waals surface area (Å²) in [5.41, 5.74) is 0.937. The van der Waals surface area contributed by atoms with Crippen LogP contribution >= 0.6 is 0 Å². The second-order valence-electron chi connectivity index (χ2n) is 2.80. The van der Waals surface area contributed by atoms with E-state index >= 15 is 0 Å². The number of hydrogen-bond donors (Lipinski definition) is 1. The smallest absolute Gasteiger partial charge is 0.0781 e. The number of aliphatic hydroxyl groups is 1. The summed E-state index contributed by atoms with van der Waals surface area (Å²) in [5, 5.41) is 9.37. The van der Waals surface area contributed by atoms with Gasteiger partial charge in [0.05, 0.1) is 6.10 Å². The van der Waals surface area contributed by atoms with Crippen molar-refractivity contribution in [1.82, 2.24) is 0 Å². The van der Waals surface area contributed by atoms with Crippen molar-refractivity contribution in [3.63, 3.8) is 0 Å². The zero-order chi connectivity index (χ0) is 8.69. The van der Waals surface area contributed by atoms with Crippen LogP contribution in [0, 0.1) is 0 Å². The first-order valence-electron chi connectivity index (χ1n) is 4.19. The molecule has 1 nitrogen and oxygen atoms in total. The van der Waals surface area contributed by atoms with Gasteiger partial charge in [0.1, 0.15) is 0 Å². The number of hydrogen-bond acceptors (Lipinski definition) is 1. The maximum atomic E-state index is 9.37. The Balaban J connectivity index is 3.54. The van der Waals surface area contributed by atoms with Gasteiger partial charge in [-0.05, 0) is 24.8 Å². The first kappa shape index (κ1) is 10.4. The van der Waals surface area contributed by atoms with Crippen molar-refractivity contribution in [3.8, 4) is 0 Å². The van der Waals surface area contributed by atoms with E-state index in [1.807, 2.05) is 0 Å². The van der Waals surface area contributed by atoms with Gasteiger partial charge in [0.15, 0.2) is 0 Å². The first-order chi connectivity index (χ1) is 5.22. The van der Waals surface area contributed by atoms with Crippen LogP contribution in [-0.2, 0) is 0 Å². The van der Waals surface area contributed by atoms with Gasteiger partial charge in [0.25, 0.3) is 0 Å². The van der Waals surface area contributed by atoms with E-state index in [-0.39, 0.29) is 6.10 Å². The molecule has 0 aromatic rings. The van der Waals surface area contributed by atoms with Crippen molar-refractivity contribution in [2.24, 2.45) is 0 Å². The molecule has 0 radical (unpaired) electrons. The highest BCUT2D eigenvalue weighted by molar-refractivity contribution is 5.03. The van der Waals surface area contributed by atoms with Crippen molar-refractivity contribution in [3.05, 3.63) is 24.8 Å². The SMILES string of the molecule is C=CCC(O)C(=C)CCCC. The molecular formula is C10H18O. The Bertz CT molecular complexity index is 127. The number of unbranched alkanes of at least 4 members (excludes halogenated alkanes) is 1. The first-order valence-corrected chi connectivity index (χ1v) is 4.19. The normalized spacial score (nSPS) is 12.5. The molecule has 0 rings (SSSR count). The van der Waals surface area contributed by atoms with E-state index in [4.69, 9.17) is 0 Å². The summed E-state index contributed by atoms with van der Waals surface area (Å²) in [7, 11) is 0. The summed E-state index contributed by atoms with van der Waals surface area (Å²) in [6.45, 7) is 9.51. The maximum absolute atomic E-state index is 9.37. The van der Waals surface area contributed by atoms with Crippen LogP contribution in [0.2, 0.25) is 0 Å². The van der Waals surface area contributed by atoms with Gasteiger partial charge in [0, 0.05) is 0 Å². The monoisotopic (exact) mass is 154 g/mol. The van der Waals surface area contributed by atoms with E-state index in [1.54, 1.807) is 6.08 Å². The van der Waals surface area contributed by atoms with Gasteiger partial charge in [-0.2, -0.15) is 0 Å². The predicted octanol–water partition coefficient (Wildman–Crippen LogP) is 2.67. The van der Waals surface area contributed by atoms with Crippen molar-refractivity contribution in [2.75, 3.05) is 0 Å². The van der Waals surface area contributed by atoms with E-state index in [2.05, 4.69) is 20.1 Å². The molecule has 0 saturated carbocycles. The van der Waals surface area contributed by atoms with Crippen molar-refractivity contribution in [2.45, 2.75) is 38.7 Å². The minimum Gasteiger partial charge on any atom is -0.388 e. The standard InChI is InChI=1S/C10H18O/c1-4-6-8-9(3)10(11)7-5-2/h5,10-11H,2-4,6-8H2,1H3. The molecule has 0 aliphatic carbocycles.